The van der Waals surface area contributed by atoms with Gasteiger partial charge in [-0.1, -0.05) is 0 Å². The van der Waals surface area contributed by atoms with Crippen molar-refractivity contribution in [3.8, 4) is 0 Å². The number of aromatic nitrogens is 1. The van der Waals surface area contributed by atoms with E-state index in [4.69, 9.17) is 4.42 Å². The van der Waals surface area contributed by atoms with E-state index in [-0.39, 0.29) is 0 Å². The Morgan fingerprint density at radius 2 is 2.62 bits per heavy atom. The first-order chi connectivity index (χ1) is 3.97. The third-order valence-corrected chi connectivity index (χ3v) is 1.10. The van der Waals surface area contributed by atoms with Gasteiger partial charge in [-0.15, -0.1) is 0 Å². The molecular formula is C6H4NO. The second kappa shape index (κ2) is 1.15. The fraction of sp³-hybridized carbons (Fsp3) is 0. The summed E-state index contributed by atoms with van der Waals surface area (Å²) < 4.78 is 4.97. The Bertz CT molecular complexity index is 230. The Balaban J connectivity index is 3.06. The molecule has 0 aromatic carbocycles. The van der Waals surface area contributed by atoms with Crippen LogP contribution in [0.4, 0.5) is 0 Å². The van der Waals surface area contributed by atoms with Gasteiger partial charge in [-0.2, -0.15) is 0 Å². The molecule has 2 aromatic rings. The molecule has 0 aliphatic carbocycles. The molecule has 2 rings (SSSR count). The lowest BCUT2D eigenvalue weighted by Crippen LogP contribution is -1.50. The predicted molar refractivity (Wildman–Crippen MR) is 29.4 cm³/mol. The van der Waals surface area contributed by atoms with E-state index >= 15 is 0 Å². The molecule has 2 heterocycles. The van der Waals surface area contributed by atoms with Crippen molar-refractivity contribution in [2.24, 2.45) is 0 Å². The predicted octanol–water partition coefficient (Wildman–Crippen LogP) is 1.56. The van der Waals surface area contributed by atoms with Crippen LogP contribution in [0, 0.1) is 6.07 Å². The van der Waals surface area contributed by atoms with Crippen molar-refractivity contribution < 1.29 is 4.42 Å². The molecule has 0 fully saturated rings. The van der Waals surface area contributed by atoms with Crippen LogP contribution >= 0.6 is 0 Å². The van der Waals surface area contributed by atoms with Crippen LogP contribution in [0.2, 0.25) is 0 Å². The summed E-state index contributed by atoms with van der Waals surface area (Å²) in [5, 5.41) is 0. The molecule has 0 bridgehead atoms. The fourth-order valence-corrected chi connectivity index (χ4v) is 0.718. The first-order valence-corrected chi connectivity index (χ1v) is 2.39. The largest absolute Gasteiger partial charge is 0.462 e. The second-order valence-corrected chi connectivity index (χ2v) is 1.60. The standard InChI is InChI=1S/C6H4NO/c1-3-7-5-2-4-8-6(1)5/h1,3-4,7H. The quantitative estimate of drug-likeness (QED) is 0.542. The summed E-state index contributed by atoms with van der Waals surface area (Å²) in [4.78, 5) is 2.95. The number of furan rings is 1. The van der Waals surface area contributed by atoms with E-state index in [2.05, 4.69) is 11.1 Å². The van der Waals surface area contributed by atoms with Gasteiger partial charge in [-0.25, -0.2) is 0 Å². The highest BCUT2D eigenvalue weighted by atomic mass is 16.3. The minimum absolute atomic E-state index is 0.866. The summed E-state index contributed by atoms with van der Waals surface area (Å²) in [6.07, 6.45) is 3.37. The van der Waals surface area contributed by atoms with Crippen molar-refractivity contribution in [1.82, 2.24) is 4.98 Å². The lowest BCUT2D eigenvalue weighted by atomic mass is 10.5. The van der Waals surface area contributed by atoms with Crippen LogP contribution in [0.25, 0.3) is 11.1 Å². The average Bonchev–Trinajstić information content (AvgIpc) is 2.15. The van der Waals surface area contributed by atoms with Gasteiger partial charge in [0.2, 0.25) is 0 Å². The lowest BCUT2D eigenvalue weighted by Gasteiger charge is -1.65. The molecule has 39 valence electrons. The summed E-state index contributed by atoms with van der Waals surface area (Å²) in [6, 6.07) is 4.74. The molecule has 0 atom stereocenters. The molecule has 1 radical (unpaired) electrons. The van der Waals surface area contributed by atoms with Crippen LogP contribution in [-0.4, -0.2) is 4.98 Å². The van der Waals surface area contributed by atoms with Gasteiger partial charge in [-0.05, 0) is 6.07 Å². The Hall–Kier alpha value is -1.18. The molecule has 1 N–H and O–H groups in total. The molecule has 8 heavy (non-hydrogen) atoms. The number of aromatic amines is 1. The van der Waals surface area contributed by atoms with E-state index in [9.17, 15) is 0 Å². The van der Waals surface area contributed by atoms with E-state index < -0.39 is 0 Å². The first-order valence-electron chi connectivity index (χ1n) is 2.39. The number of hydrogen-bond donors (Lipinski definition) is 1. The van der Waals surface area contributed by atoms with Gasteiger partial charge in [0, 0.05) is 12.3 Å². The smallest absolute Gasteiger partial charge is 0.152 e. The zero-order valence-corrected chi connectivity index (χ0v) is 4.14. The lowest BCUT2D eigenvalue weighted by molar-refractivity contribution is 0.615. The zero-order chi connectivity index (χ0) is 5.40. The Kier molecular flexibility index (Phi) is 0.545. The number of H-pyrrole nitrogens is 1. The summed E-state index contributed by atoms with van der Waals surface area (Å²) in [6.45, 7) is 0. The van der Waals surface area contributed by atoms with Crippen LogP contribution in [0.5, 0.6) is 0 Å². The van der Waals surface area contributed by atoms with E-state index in [0.29, 0.717) is 0 Å². The van der Waals surface area contributed by atoms with Crippen molar-refractivity contribution in [1.29, 1.82) is 0 Å². The molecule has 0 saturated carbocycles. The Labute approximate surface area is 46.1 Å². The monoisotopic (exact) mass is 106 g/mol. The molecule has 0 aliphatic heterocycles. The third kappa shape index (κ3) is 0.320. The zero-order valence-electron chi connectivity index (χ0n) is 4.14. The van der Waals surface area contributed by atoms with E-state index in [0.717, 1.165) is 11.1 Å². The maximum Gasteiger partial charge on any atom is 0.152 e. The maximum absolute atomic E-state index is 4.97. The van der Waals surface area contributed by atoms with Crippen molar-refractivity contribution in [2.45, 2.75) is 0 Å². The van der Waals surface area contributed by atoms with Crippen molar-refractivity contribution in [3.63, 3.8) is 0 Å². The van der Waals surface area contributed by atoms with E-state index in [1.807, 2.05) is 12.3 Å². The van der Waals surface area contributed by atoms with Gasteiger partial charge in [0.15, 0.2) is 5.58 Å². The molecule has 0 spiro atoms. The highest BCUT2D eigenvalue weighted by Gasteiger charge is 1.92. The van der Waals surface area contributed by atoms with Crippen molar-refractivity contribution in [3.05, 3.63) is 24.6 Å². The highest BCUT2D eigenvalue weighted by molar-refractivity contribution is 5.71. The first kappa shape index (κ1) is 3.78. The van der Waals surface area contributed by atoms with Gasteiger partial charge in [0.05, 0.1) is 5.52 Å². The normalized spacial score (nSPS) is 10.5. The van der Waals surface area contributed by atoms with Gasteiger partial charge in [-0.3, -0.25) is 0 Å². The minimum atomic E-state index is 0.866. The van der Waals surface area contributed by atoms with Crippen LogP contribution in [0.15, 0.2) is 22.9 Å². The topological polar surface area (TPSA) is 28.9 Å². The second-order valence-electron chi connectivity index (χ2n) is 1.60. The summed E-state index contributed by atoms with van der Waals surface area (Å²) in [5.74, 6) is 0. The molecule has 0 unspecified atom stereocenters. The molecule has 2 nitrogen and oxygen atoms in total. The van der Waals surface area contributed by atoms with Crippen LogP contribution in [-0.2, 0) is 0 Å². The van der Waals surface area contributed by atoms with Crippen molar-refractivity contribution in [2.75, 3.05) is 0 Å². The molecule has 0 saturated heterocycles. The number of rotatable bonds is 0. The van der Waals surface area contributed by atoms with Crippen LogP contribution in [0.3, 0.4) is 0 Å². The van der Waals surface area contributed by atoms with Crippen LogP contribution < -0.4 is 0 Å². The van der Waals surface area contributed by atoms with Crippen molar-refractivity contribution >= 4 is 11.1 Å². The van der Waals surface area contributed by atoms with Crippen LogP contribution in [0.1, 0.15) is 0 Å². The summed E-state index contributed by atoms with van der Waals surface area (Å²) >= 11 is 0. The Morgan fingerprint density at radius 1 is 1.62 bits per heavy atom. The summed E-state index contributed by atoms with van der Waals surface area (Å²) in [5.41, 5.74) is 1.80. The summed E-state index contributed by atoms with van der Waals surface area (Å²) in [7, 11) is 0. The minimum Gasteiger partial charge on any atom is -0.462 e. The average molecular weight is 106 g/mol. The molecule has 0 amide bonds. The van der Waals surface area contributed by atoms with Gasteiger partial charge in [0.25, 0.3) is 0 Å². The Morgan fingerprint density at radius 3 is 3.50 bits per heavy atom. The number of fused-ring (bicyclic) bond motifs is 1. The fourth-order valence-electron chi connectivity index (χ4n) is 0.718. The maximum atomic E-state index is 4.97. The van der Waals surface area contributed by atoms with E-state index in [1.54, 1.807) is 6.26 Å². The van der Waals surface area contributed by atoms with Gasteiger partial charge < -0.3 is 9.40 Å². The molecule has 0 aliphatic rings. The highest BCUT2D eigenvalue weighted by Crippen LogP contribution is 2.10. The van der Waals surface area contributed by atoms with Gasteiger partial charge in [0.1, 0.15) is 6.26 Å². The molecule has 2 heteroatoms. The van der Waals surface area contributed by atoms with Gasteiger partial charge >= 0.3 is 0 Å². The molecular weight excluding hydrogens is 102 g/mol. The number of nitrogens with one attached hydrogen (secondary N) is 1. The SMILES string of the molecule is [c]1coc2cc[nH]c12. The molecule has 2 aromatic heterocycles. The number of hydrogen-bond acceptors (Lipinski definition) is 1. The third-order valence-electron chi connectivity index (χ3n) is 1.10. The van der Waals surface area contributed by atoms with E-state index in [1.165, 1.54) is 0 Å².